The van der Waals surface area contributed by atoms with Gasteiger partial charge in [-0.3, -0.25) is 10.1 Å². The van der Waals surface area contributed by atoms with E-state index < -0.39 is 0 Å². The number of thiazole rings is 1. The number of likely N-dealkylation sites (N-methyl/N-ethyl adjacent to an activating group) is 1. The zero-order chi connectivity index (χ0) is 10.1. The molecule has 0 aliphatic carbocycles. The second-order valence-electron chi connectivity index (χ2n) is 3.31. The summed E-state index contributed by atoms with van der Waals surface area (Å²) in [5.74, 6) is 0.128. The molecule has 0 bridgehead atoms. The zero-order valence-corrected chi connectivity index (χ0v) is 9.10. The Bertz CT molecular complexity index is 350. The molecule has 1 saturated heterocycles. The second-order valence-corrected chi connectivity index (χ2v) is 4.45. The van der Waals surface area contributed by atoms with E-state index in [1.165, 1.54) is 4.88 Å². The third-order valence-corrected chi connectivity index (χ3v) is 3.58. The van der Waals surface area contributed by atoms with Gasteiger partial charge in [0.05, 0.1) is 6.54 Å². The standard InChI is InChI=1S/C9H13N3OS/c1-3-6-4-11-9(14-6)8-10-5-7(13)12(8)2/h4,8,10H,3,5H2,1-2H3. The lowest BCUT2D eigenvalue weighted by Crippen LogP contribution is -2.25. The molecule has 1 N–H and O–H groups in total. The molecule has 14 heavy (non-hydrogen) atoms. The van der Waals surface area contributed by atoms with Crippen LogP contribution in [0.5, 0.6) is 0 Å². The summed E-state index contributed by atoms with van der Waals surface area (Å²) in [5, 5.41) is 4.12. The van der Waals surface area contributed by atoms with Crippen LogP contribution in [-0.4, -0.2) is 29.4 Å². The molecule has 76 valence electrons. The van der Waals surface area contributed by atoms with Crippen molar-refractivity contribution in [2.45, 2.75) is 19.5 Å². The zero-order valence-electron chi connectivity index (χ0n) is 8.28. The van der Waals surface area contributed by atoms with Crippen LogP contribution in [0.3, 0.4) is 0 Å². The Morgan fingerprint density at radius 1 is 1.79 bits per heavy atom. The number of rotatable bonds is 2. The Morgan fingerprint density at radius 3 is 3.07 bits per heavy atom. The molecule has 1 aliphatic heterocycles. The van der Waals surface area contributed by atoms with Crippen molar-refractivity contribution in [3.05, 3.63) is 16.1 Å². The summed E-state index contributed by atoms with van der Waals surface area (Å²) in [4.78, 5) is 18.6. The quantitative estimate of drug-likeness (QED) is 0.785. The third kappa shape index (κ3) is 1.53. The van der Waals surface area contributed by atoms with Crippen molar-refractivity contribution in [3.63, 3.8) is 0 Å². The predicted molar refractivity (Wildman–Crippen MR) is 55.0 cm³/mol. The molecule has 5 heteroatoms. The molecule has 1 unspecified atom stereocenters. The fourth-order valence-electron chi connectivity index (χ4n) is 1.46. The van der Waals surface area contributed by atoms with E-state index in [9.17, 15) is 4.79 Å². The van der Waals surface area contributed by atoms with Crippen molar-refractivity contribution in [2.24, 2.45) is 0 Å². The van der Waals surface area contributed by atoms with E-state index in [1.807, 2.05) is 6.20 Å². The van der Waals surface area contributed by atoms with Crippen molar-refractivity contribution in [3.8, 4) is 0 Å². The smallest absolute Gasteiger partial charge is 0.237 e. The number of aromatic nitrogens is 1. The average Bonchev–Trinajstić information content (AvgIpc) is 2.75. The minimum atomic E-state index is -0.0206. The maximum Gasteiger partial charge on any atom is 0.237 e. The van der Waals surface area contributed by atoms with Crippen LogP contribution >= 0.6 is 11.3 Å². The van der Waals surface area contributed by atoms with Crippen molar-refractivity contribution < 1.29 is 4.79 Å². The molecular formula is C9H13N3OS. The van der Waals surface area contributed by atoms with Crippen LogP contribution in [0.2, 0.25) is 0 Å². The summed E-state index contributed by atoms with van der Waals surface area (Å²) < 4.78 is 0. The lowest BCUT2D eigenvalue weighted by atomic mass is 10.4. The van der Waals surface area contributed by atoms with Gasteiger partial charge in [0.15, 0.2) is 0 Å². The van der Waals surface area contributed by atoms with E-state index in [2.05, 4.69) is 17.2 Å². The number of amides is 1. The number of nitrogens with zero attached hydrogens (tertiary/aromatic N) is 2. The van der Waals surface area contributed by atoms with Gasteiger partial charge in [0.1, 0.15) is 11.2 Å². The van der Waals surface area contributed by atoms with E-state index in [-0.39, 0.29) is 12.1 Å². The average molecular weight is 211 g/mol. The van der Waals surface area contributed by atoms with Crippen molar-refractivity contribution in [1.82, 2.24) is 15.2 Å². The minimum absolute atomic E-state index is 0.0206. The monoisotopic (exact) mass is 211 g/mol. The summed E-state index contributed by atoms with van der Waals surface area (Å²) in [6.45, 7) is 2.52. The highest BCUT2D eigenvalue weighted by Crippen LogP contribution is 2.25. The van der Waals surface area contributed by atoms with E-state index in [0.29, 0.717) is 6.54 Å². The molecule has 1 aromatic rings. The number of nitrogens with one attached hydrogen (secondary N) is 1. The molecule has 0 radical (unpaired) electrons. The largest absolute Gasteiger partial charge is 0.323 e. The molecule has 0 aromatic carbocycles. The van der Waals surface area contributed by atoms with Gasteiger partial charge in [-0.15, -0.1) is 11.3 Å². The van der Waals surface area contributed by atoms with Crippen LogP contribution in [0.25, 0.3) is 0 Å². The van der Waals surface area contributed by atoms with Gasteiger partial charge in [0.2, 0.25) is 5.91 Å². The first-order chi connectivity index (χ1) is 6.72. The van der Waals surface area contributed by atoms with Gasteiger partial charge < -0.3 is 4.90 Å². The topological polar surface area (TPSA) is 45.2 Å². The van der Waals surface area contributed by atoms with Gasteiger partial charge in [0, 0.05) is 18.1 Å². The van der Waals surface area contributed by atoms with Crippen LogP contribution in [0.4, 0.5) is 0 Å². The van der Waals surface area contributed by atoms with Gasteiger partial charge >= 0.3 is 0 Å². The first kappa shape index (κ1) is 9.61. The summed E-state index contributed by atoms with van der Waals surface area (Å²) in [7, 11) is 1.81. The maximum atomic E-state index is 11.3. The van der Waals surface area contributed by atoms with Gasteiger partial charge in [-0.1, -0.05) is 6.92 Å². The van der Waals surface area contributed by atoms with E-state index >= 15 is 0 Å². The molecule has 2 heterocycles. The SMILES string of the molecule is CCc1cnc(C2NCC(=O)N2C)s1. The van der Waals surface area contributed by atoms with Gasteiger partial charge in [-0.2, -0.15) is 0 Å². The lowest BCUT2D eigenvalue weighted by Gasteiger charge is -2.16. The first-order valence-electron chi connectivity index (χ1n) is 4.66. The van der Waals surface area contributed by atoms with Crippen LogP contribution in [0.15, 0.2) is 6.20 Å². The summed E-state index contributed by atoms with van der Waals surface area (Å²) >= 11 is 1.67. The van der Waals surface area contributed by atoms with Crippen molar-refractivity contribution in [2.75, 3.05) is 13.6 Å². The fourth-order valence-corrected chi connectivity index (χ4v) is 2.43. The third-order valence-electron chi connectivity index (χ3n) is 2.38. The Hall–Kier alpha value is -0.940. The summed E-state index contributed by atoms with van der Waals surface area (Å²) in [6.07, 6.45) is 2.87. The number of carbonyl (C=O) groups excluding carboxylic acids is 1. The molecule has 1 amide bonds. The molecular weight excluding hydrogens is 198 g/mol. The second kappa shape index (κ2) is 3.67. The van der Waals surface area contributed by atoms with Crippen molar-refractivity contribution >= 4 is 17.2 Å². The molecule has 1 fully saturated rings. The lowest BCUT2D eigenvalue weighted by molar-refractivity contribution is -0.126. The van der Waals surface area contributed by atoms with Gasteiger partial charge in [-0.05, 0) is 6.42 Å². The van der Waals surface area contributed by atoms with Crippen LogP contribution in [0.1, 0.15) is 23.0 Å². The highest BCUT2D eigenvalue weighted by Gasteiger charge is 2.30. The number of carbonyl (C=O) groups is 1. The molecule has 0 saturated carbocycles. The number of hydrogen-bond donors (Lipinski definition) is 1. The highest BCUT2D eigenvalue weighted by atomic mass is 32.1. The molecule has 0 spiro atoms. The Morgan fingerprint density at radius 2 is 2.57 bits per heavy atom. The Kier molecular flexibility index (Phi) is 2.52. The van der Waals surface area contributed by atoms with Crippen molar-refractivity contribution in [1.29, 1.82) is 0 Å². The molecule has 1 aromatic heterocycles. The highest BCUT2D eigenvalue weighted by molar-refractivity contribution is 7.11. The van der Waals surface area contributed by atoms with Crippen LogP contribution in [0, 0.1) is 0 Å². The van der Waals surface area contributed by atoms with E-state index in [4.69, 9.17) is 0 Å². The summed E-state index contributed by atoms with van der Waals surface area (Å²) in [5.41, 5.74) is 0. The van der Waals surface area contributed by atoms with Gasteiger partial charge in [-0.25, -0.2) is 4.98 Å². The molecule has 4 nitrogen and oxygen atoms in total. The molecule has 1 atom stereocenters. The molecule has 1 aliphatic rings. The van der Waals surface area contributed by atoms with E-state index in [0.717, 1.165) is 11.4 Å². The minimum Gasteiger partial charge on any atom is -0.323 e. The van der Waals surface area contributed by atoms with E-state index in [1.54, 1.807) is 23.3 Å². The number of hydrogen-bond acceptors (Lipinski definition) is 4. The van der Waals surface area contributed by atoms with Gasteiger partial charge in [0.25, 0.3) is 0 Å². The maximum absolute atomic E-state index is 11.3. The van der Waals surface area contributed by atoms with Crippen LogP contribution < -0.4 is 5.32 Å². The predicted octanol–water partition coefficient (Wildman–Crippen LogP) is 0.766. The Balaban J connectivity index is 2.19. The Labute approximate surface area is 86.9 Å². The normalized spacial score (nSPS) is 22.0. The summed E-state index contributed by atoms with van der Waals surface area (Å²) in [6, 6.07) is 0. The number of aryl methyl sites for hydroxylation is 1. The first-order valence-corrected chi connectivity index (χ1v) is 5.47. The molecule has 2 rings (SSSR count). The van der Waals surface area contributed by atoms with Crippen LogP contribution in [-0.2, 0) is 11.2 Å². The fraction of sp³-hybridized carbons (Fsp3) is 0.556.